The number of hydrogen-bond acceptors (Lipinski definition) is 4. The number of aromatic nitrogens is 4. The second kappa shape index (κ2) is 3.93. The van der Waals surface area contributed by atoms with Gasteiger partial charge in [-0.05, 0) is 13.8 Å². The zero-order chi connectivity index (χ0) is 12.6. The van der Waals surface area contributed by atoms with Gasteiger partial charge in [0.25, 0.3) is 5.95 Å². The van der Waals surface area contributed by atoms with E-state index in [0.717, 1.165) is 12.4 Å². The summed E-state index contributed by atoms with van der Waals surface area (Å²) in [5.41, 5.74) is 0.877. The van der Waals surface area contributed by atoms with E-state index in [1.165, 1.54) is 4.68 Å². The van der Waals surface area contributed by atoms with E-state index < -0.39 is 11.8 Å². The normalized spacial score (nSPS) is 10.5. The Hall–Kier alpha value is -2.31. The van der Waals surface area contributed by atoms with Crippen LogP contribution < -0.4 is 0 Å². The van der Waals surface area contributed by atoms with Gasteiger partial charge in [0.15, 0.2) is 5.82 Å². The van der Waals surface area contributed by atoms with Crippen molar-refractivity contribution in [3.63, 3.8) is 0 Å². The molecule has 0 aliphatic carbocycles. The van der Waals surface area contributed by atoms with E-state index in [1.807, 2.05) is 0 Å². The minimum absolute atomic E-state index is 0.109. The molecule has 2 aromatic heterocycles. The molecule has 0 radical (unpaired) electrons. The third-order valence-corrected chi connectivity index (χ3v) is 2.30. The maximum atomic E-state index is 12.7. The van der Waals surface area contributed by atoms with Crippen molar-refractivity contribution >= 4 is 5.97 Å². The van der Waals surface area contributed by atoms with E-state index in [4.69, 9.17) is 5.11 Å². The molecule has 0 aliphatic rings. The second-order valence-electron chi connectivity index (χ2n) is 3.46. The van der Waals surface area contributed by atoms with E-state index in [1.54, 1.807) is 13.8 Å². The number of halogens is 1. The molecule has 2 heterocycles. The van der Waals surface area contributed by atoms with Crippen molar-refractivity contribution in [3.05, 3.63) is 35.2 Å². The first-order valence-corrected chi connectivity index (χ1v) is 4.78. The number of nitrogens with zero attached hydrogens (tertiary/aromatic N) is 4. The zero-order valence-electron chi connectivity index (χ0n) is 9.18. The molecule has 0 amide bonds. The number of rotatable bonds is 2. The van der Waals surface area contributed by atoms with Crippen molar-refractivity contribution < 1.29 is 14.3 Å². The molecule has 0 unspecified atom stereocenters. The van der Waals surface area contributed by atoms with Crippen LogP contribution in [0.4, 0.5) is 4.39 Å². The summed E-state index contributed by atoms with van der Waals surface area (Å²) in [6.45, 7) is 3.17. The van der Waals surface area contributed by atoms with Crippen LogP contribution in [0.15, 0.2) is 12.4 Å². The van der Waals surface area contributed by atoms with Crippen molar-refractivity contribution in [1.29, 1.82) is 0 Å². The van der Waals surface area contributed by atoms with Gasteiger partial charge >= 0.3 is 5.97 Å². The van der Waals surface area contributed by atoms with Crippen LogP contribution in [0.2, 0.25) is 0 Å². The molecule has 0 aromatic carbocycles. The molecule has 0 bridgehead atoms. The lowest BCUT2D eigenvalue weighted by Gasteiger charge is -2.01. The van der Waals surface area contributed by atoms with Crippen molar-refractivity contribution in [2.45, 2.75) is 13.8 Å². The fourth-order valence-electron chi connectivity index (χ4n) is 1.56. The van der Waals surface area contributed by atoms with Gasteiger partial charge in [-0.1, -0.05) is 0 Å². The first kappa shape index (κ1) is 11.2. The summed E-state index contributed by atoms with van der Waals surface area (Å²) >= 11 is 0. The van der Waals surface area contributed by atoms with E-state index >= 15 is 0 Å². The lowest BCUT2D eigenvalue weighted by Crippen LogP contribution is -2.06. The van der Waals surface area contributed by atoms with Gasteiger partial charge < -0.3 is 5.11 Å². The average Bonchev–Trinajstić information content (AvgIpc) is 2.55. The Labute approximate surface area is 95.8 Å². The van der Waals surface area contributed by atoms with Gasteiger partial charge in [-0.2, -0.15) is 5.10 Å². The number of hydrogen-bond donors (Lipinski definition) is 1. The quantitative estimate of drug-likeness (QED) is 0.844. The summed E-state index contributed by atoms with van der Waals surface area (Å²) in [4.78, 5) is 18.5. The van der Waals surface area contributed by atoms with Gasteiger partial charge in [-0.15, -0.1) is 0 Å². The summed E-state index contributed by atoms with van der Waals surface area (Å²) in [5.74, 6) is -1.48. The highest BCUT2D eigenvalue weighted by Crippen LogP contribution is 2.15. The Morgan fingerprint density at radius 1 is 1.35 bits per heavy atom. The SMILES string of the molecule is Cc1nn(-c2ncc(F)cn2)c(C)c1C(=O)O. The zero-order valence-corrected chi connectivity index (χ0v) is 9.18. The Morgan fingerprint density at radius 2 is 1.94 bits per heavy atom. The Bertz CT molecular complexity index is 577. The van der Waals surface area contributed by atoms with Crippen LogP contribution in [-0.4, -0.2) is 30.8 Å². The molecule has 2 rings (SSSR count). The Balaban J connectivity index is 2.57. The Kier molecular flexibility index (Phi) is 2.58. The molecule has 0 fully saturated rings. The monoisotopic (exact) mass is 236 g/mol. The molecular weight excluding hydrogens is 227 g/mol. The van der Waals surface area contributed by atoms with Gasteiger partial charge in [0.1, 0.15) is 5.56 Å². The molecule has 7 heteroatoms. The minimum Gasteiger partial charge on any atom is -0.478 e. The largest absolute Gasteiger partial charge is 0.478 e. The van der Waals surface area contributed by atoms with Crippen LogP contribution >= 0.6 is 0 Å². The van der Waals surface area contributed by atoms with Gasteiger partial charge in [-0.25, -0.2) is 23.8 Å². The predicted octanol–water partition coefficient (Wildman–Crippen LogP) is 1.12. The molecular formula is C10H9FN4O2. The molecule has 0 saturated carbocycles. The fraction of sp³-hybridized carbons (Fsp3) is 0.200. The first-order chi connectivity index (χ1) is 8.00. The predicted molar refractivity (Wildman–Crippen MR) is 55.5 cm³/mol. The summed E-state index contributed by atoms with van der Waals surface area (Å²) in [6.07, 6.45) is 2.00. The number of carboxylic acid groups (broad SMARTS) is 1. The lowest BCUT2D eigenvalue weighted by atomic mass is 10.2. The molecule has 17 heavy (non-hydrogen) atoms. The van der Waals surface area contributed by atoms with Crippen molar-refractivity contribution in [1.82, 2.24) is 19.7 Å². The standard InChI is InChI=1S/C10H9FN4O2/c1-5-8(9(16)17)6(2)15(14-5)10-12-3-7(11)4-13-10/h3-4H,1-2H3,(H,16,17). The van der Waals surface area contributed by atoms with Crippen molar-refractivity contribution in [2.75, 3.05) is 0 Å². The number of carboxylic acids is 1. The summed E-state index contributed by atoms with van der Waals surface area (Å²) in [7, 11) is 0. The van der Waals surface area contributed by atoms with E-state index in [-0.39, 0.29) is 11.5 Å². The van der Waals surface area contributed by atoms with Crippen LogP contribution in [-0.2, 0) is 0 Å². The van der Waals surface area contributed by atoms with E-state index in [0.29, 0.717) is 11.4 Å². The van der Waals surface area contributed by atoms with E-state index in [9.17, 15) is 9.18 Å². The lowest BCUT2D eigenvalue weighted by molar-refractivity contribution is 0.0695. The van der Waals surface area contributed by atoms with Crippen LogP contribution in [0, 0.1) is 19.7 Å². The third-order valence-electron chi connectivity index (χ3n) is 2.30. The van der Waals surface area contributed by atoms with Gasteiger partial charge in [0.2, 0.25) is 0 Å². The second-order valence-corrected chi connectivity index (χ2v) is 3.46. The first-order valence-electron chi connectivity index (χ1n) is 4.78. The summed E-state index contributed by atoms with van der Waals surface area (Å²) < 4.78 is 13.9. The summed E-state index contributed by atoms with van der Waals surface area (Å²) in [6, 6.07) is 0. The molecule has 0 aliphatic heterocycles. The molecule has 0 saturated heterocycles. The fourth-order valence-corrected chi connectivity index (χ4v) is 1.56. The molecule has 2 aromatic rings. The number of carbonyl (C=O) groups is 1. The van der Waals surface area contributed by atoms with Gasteiger partial charge in [0.05, 0.1) is 23.8 Å². The topological polar surface area (TPSA) is 80.9 Å². The molecule has 0 atom stereocenters. The van der Waals surface area contributed by atoms with Crippen LogP contribution in [0.1, 0.15) is 21.7 Å². The van der Waals surface area contributed by atoms with Crippen LogP contribution in [0.25, 0.3) is 5.95 Å². The average molecular weight is 236 g/mol. The van der Waals surface area contributed by atoms with Crippen LogP contribution in [0.3, 0.4) is 0 Å². The maximum absolute atomic E-state index is 12.7. The van der Waals surface area contributed by atoms with Gasteiger partial charge in [-0.3, -0.25) is 0 Å². The summed E-state index contributed by atoms with van der Waals surface area (Å²) in [5, 5.41) is 13.0. The molecule has 88 valence electrons. The van der Waals surface area contributed by atoms with Crippen molar-refractivity contribution in [3.8, 4) is 5.95 Å². The Morgan fingerprint density at radius 3 is 2.41 bits per heavy atom. The van der Waals surface area contributed by atoms with Crippen molar-refractivity contribution in [2.24, 2.45) is 0 Å². The highest BCUT2D eigenvalue weighted by Gasteiger charge is 2.19. The molecule has 1 N–H and O–H groups in total. The minimum atomic E-state index is -1.06. The molecule has 6 nitrogen and oxygen atoms in total. The highest BCUT2D eigenvalue weighted by atomic mass is 19.1. The highest BCUT2D eigenvalue weighted by molar-refractivity contribution is 5.90. The third kappa shape index (κ3) is 1.86. The molecule has 0 spiro atoms. The maximum Gasteiger partial charge on any atom is 0.339 e. The van der Waals surface area contributed by atoms with Gasteiger partial charge in [0, 0.05) is 0 Å². The number of aryl methyl sites for hydroxylation is 1. The van der Waals surface area contributed by atoms with E-state index in [2.05, 4.69) is 15.1 Å². The smallest absolute Gasteiger partial charge is 0.339 e. The number of aromatic carboxylic acids is 1. The van der Waals surface area contributed by atoms with Crippen LogP contribution in [0.5, 0.6) is 0 Å².